The maximum Gasteiger partial charge on any atom is 0.271 e. The molecule has 1 amide bonds. The number of carbonyl (C=O) groups excluding carboxylic acids is 1. The molecular formula is C15H12N4O2. The van der Waals surface area contributed by atoms with Gasteiger partial charge in [0.05, 0.1) is 23.6 Å². The SMILES string of the molecule is O=C(N/N=C\c1cccc(O)c1)c1ccc2nc[nH]c2c1. The van der Waals surface area contributed by atoms with Crippen LogP contribution in [0, 0.1) is 0 Å². The molecule has 1 aromatic heterocycles. The lowest BCUT2D eigenvalue weighted by atomic mass is 10.2. The van der Waals surface area contributed by atoms with Crippen molar-refractivity contribution in [3.8, 4) is 5.75 Å². The van der Waals surface area contributed by atoms with E-state index >= 15 is 0 Å². The van der Waals surface area contributed by atoms with E-state index in [4.69, 9.17) is 0 Å². The standard InChI is InChI=1S/C15H12N4O2/c20-12-3-1-2-10(6-12)8-18-19-15(21)11-4-5-13-14(7-11)17-9-16-13/h1-9,20H,(H,16,17)(H,19,21)/b18-8-. The van der Waals surface area contributed by atoms with Crippen LogP contribution in [0.15, 0.2) is 53.9 Å². The van der Waals surface area contributed by atoms with Gasteiger partial charge in [0.1, 0.15) is 5.75 Å². The highest BCUT2D eigenvalue weighted by atomic mass is 16.3. The van der Waals surface area contributed by atoms with Crippen LogP contribution < -0.4 is 5.43 Å². The average Bonchev–Trinajstić information content (AvgIpc) is 2.94. The van der Waals surface area contributed by atoms with Crippen LogP contribution in [-0.4, -0.2) is 27.2 Å². The zero-order valence-corrected chi connectivity index (χ0v) is 10.9. The van der Waals surface area contributed by atoms with Gasteiger partial charge in [-0.3, -0.25) is 4.79 Å². The van der Waals surface area contributed by atoms with Crippen molar-refractivity contribution in [2.45, 2.75) is 0 Å². The van der Waals surface area contributed by atoms with E-state index < -0.39 is 0 Å². The normalized spacial score (nSPS) is 11.0. The highest BCUT2D eigenvalue weighted by Crippen LogP contribution is 2.11. The first-order chi connectivity index (χ1) is 10.2. The van der Waals surface area contributed by atoms with Gasteiger partial charge < -0.3 is 10.1 Å². The third kappa shape index (κ3) is 2.89. The molecule has 2 aromatic carbocycles. The van der Waals surface area contributed by atoms with Gasteiger partial charge >= 0.3 is 0 Å². The van der Waals surface area contributed by atoms with Crippen LogP contribution in [0.4, 0.5) is 0 Å². The fourth-order valence-electron chi connectivity index (χ4n) is 1.91. The fraction of sp³-hybridized carbons (Fsp3) is 0. The van der Waals surface area contributed by atoms with Gasteiger partial charge in [0.15, 0.2) is 0 Å². The second kappa shape index (κ2) is 5.46. The average molecular weight is 280 g/mol. The first-order valence-electron chi connectivity index (χ1n) is 6.28. The van der Waals surface area contributed by atoms with Gasteiger partial charge in [0, 0.05) is 5.56 Å². The van der Waals surface area contributed by atoms with Crippen LogP contribution in [0.1, 0.15) is 15.9 Å². The summed E-state index contributed by atoms with van der Waals surface area (Å²) in [6.45, 7) is 0. The summed E-state index contributed by atoms with van der Waals surface area (Å²) < 4.78 is 0. The Bertz CT molecular complexity index is 823. The van der Waals surface area contributed by atoms with E-state index in [2.05, 4.69) is 20.5 Å². The van der Waals surface area contributed by atoms with Crippen molar-refractivity contribution in [1.82, 2.24) is 15.4 Å². The van der Waals surface area contributed by atoms with E-state index in [-0.39, 0.29) is 11.7 Å². The summed E-state index contributed by atoms with van der Waals surface area (Å²) in [6.07, 6.45) is 3.04. The van der Waals surface area contributed by atoms with Crippen molar-refractivity contribution in [1.29, 1.82) is 0 Å². The highest BCUT2D eigenvalue weighted by Gasteiger charge is 2.06. The first-order valence-corrected chi connectivity index (χ1v) is 6.28. The van der Waals surface area contributed by atoms with Crippen molar-refractivity contribution < 1.29 is 9.90 Å². The predicted octanol–water partition coefficient (Wildman–Crippen LogP) is 2.03. The van der Waals surface area contributed by atoms with E-state index in [1.54, 1.807) is 48.8 Å². The number of H-pyrrole nitrogens is 1. The molecule has 104 valence electrons. The molecule has 3 aromatic rings. The Labute approximate surface area is 120 Å². The first kappa shape index (κ1) is 12.9. The van der Waals surface area contributed by atoms with Gasteiger partial charge in [0.25, 0.3) is 5.91 Å². The van der Waals surface area contributed by atoms with Gasteiger partial charge in [-0.25, -0.2) is 10.4 Å². The summed E-state index contributed by atoms with van der Waals surface area (Å²) in [4.78, 5) is 19.0. The number of hydrogen-bond acceptors (Lipinski definition) is 4. The predicted molar refractivity (Wildman–Crippen MR) is 79.3 cm³/mol. The molecule has 6 nitrogen and oxygen atoms in total. The number of nitrogens with zero attached hydrogens (tertiary/aromatic N) is 2. The zero-order valence-electron chi connectivity index (χ0n) is 10.9. The number of carbonyl (C=O) groups is 1. The van der Waals surface area contributed by atoms with Crippen LogP contribution in [0.2, 0.25) is 0 Å². The van der Waals surface area contributed by atoms with Crippen LogP contribution in [0.25, 0.3) is 11.0 Å². The number of nitrogens with one attached hydrogen (secondary N) is 2. The maximum atomic E-state index is 12.0. The summed E-state index contributed by atoms with van der Waals surface area (Å²) in [6, 6.07) is 11.7. The van der Waals surface area contributed by atoms with E-state index in [9.17, 15) is 9.90 Å². The third-order valence-electron chi connectivity index (χ3n) is 2.93. The molecule has 0 radical (unpaired) electrons. The number of rotatable bonds is 3. The molecule has 1 heterocycles. The number of benzene rings is 2. The molecule has 0 aliphatic carbocycles. The monoisotopic (exact) mass is 280 g/mol. The molecule has 0 saturated carbocycles. The van der Waals surface area contributed by atoms with Crippen molar-refractivity contribution in [3.63, 3.8) is 0 Å². The van der Waals surface area contributed by atoms with E-state index in [0.29, 0.717) is 11.1 Å². The van der Waals surface area contributed by atoms with Crippen molar-refractivity contribution in [3.05, 3.63) is 59.9 Å². The molecule has 0 unspecified atom stereocenters. The second-order valence-electron chi connectivity index (χ2n) is 4.43. The number of aromatic amines is 1. The summed E-state index contributed by atoms with van der Waals surface area (Å²) in [5.74, 6) is -0.169. The zero-order chi connectivity index (χ0) is 14.7. The lowest BCUT2D eigenvalue weighted by Gasteiger charge is -2.00. The summed E-state index contributed by atoms with van der Waals surface area (Å²) in [7, 11) is 0. The molecule has 3 rings (SSSR count). The van der Waals surface area contributed by atoms with Crippen LogP contribution >= 0.6 is 0 Å². The van der Waals surface area contributed by atoms with Crippen molar-refractivity contribution >= 4 is 23.2 Å². The minimum Gasteiger partial charge on any atom is -0.508 e. The summed E-state index contributed by atoms with van der Waals surface area (Å²) in [5.41, 5.74) is 5.21. The van der Waals surface area contributed by atoms with Gasteiger partial charge in [-0.05, 0) is 35.9 Å². The molecule has 0 saturated heterocycles. The molecule has 21 heavy (non-hydrogen) atoms. The lowest BCUT2D eigenvalue weighted by Crippen LogP contribution is -2.17. The number of phenolic OH excluding ortho intramolecular Hbond substituents is 1. The summed E-state index contributed by atoms with van der Waals surface area (Å²) in [5, 5.41) is 13.2. The molecule has 6 heteroatoms. The molecule has 0 aliphatic rings. The Hall–Kier alpha value is -3.15. The molecular weight excluding hydrogens is 268 g/mol. The van der Waals surface area contributed by atoms with Gasteiger partial charge in [-0.15, -0.1) is 0 Å². The smallest absolute Gasteiger partial charge is 0.271 e. The number of imidazole rings is 1. The molecule has 0 fully saturated rings. The Balaban J connectivity index is 1.71. The van der Waals surface area contributed by atoms with E-state index in [1.165, 1.54) is 6.21 Å². The quantitative estimate of drug-likeness (QED) is 0.506. The Morgan fingerprint density at radius 3 is 3.05 bits per heavy atom. The lowest BCUT2D eigenvalue weighted by molar-refractivity contribution is 0.0955. The number of hydrazone groups is 1. The topological polar surface area (TPSA) is 90.4 Å². The van der Waals surface area contributed by atoms with E-state index in [1.807, 2.05) is 0 Å². The number of hydrogen-bond donors (Lipinski definition) is 3. The van der Waals surface area contributed by atoms with Gasteiger partial charge in [-0.2, -0.15) is 5.10 Å². The van der Waals surface area contributed by atoms with E-state index in [0.717, 1.165) is 11.0 Å². The molecule has 0 spiro atoms. The number of aromatic nitrogens is 2. The van der Waals surface area contributed by atoms with Crippen LogP contribution in [0.5, 0.6) is 5.75 Å². The largest absolute Gasteiger partial charge is 0.508 e. The minimum absolute atomic E-state index is 0.148. The second-order valence-corrected chi connectivity index (χ2v) is 4.43. The minimum atomic E-state index is -0.317. The van der Waals surface area contributed by atoms with Gasteiger partial charge in [0.2, 0.25) is 0 Å². The van der Waals surface area contributed by atoms with Crippen molar-refractivity contribution in [2.24, 2.45) is 5.10 Å². The highest BCUT2D eigenvalue weighted by molar-refractivity contribution is 5.97. The number of fused-ring (bicyclic) bond motifs is 1. The molecule has 3 N–H and O–H groups in total. The third-order valence-corrected chi connectivity index (χ3v) is 2.93. The fourth-order valence-corrected chi connectivity index (χ4v) is 1.91. The Morgan fingerprint density at radius 1 is 1.29 bits per heavy atom. The van der Waals surface area contributed by atoms with Crippen LogP contribution in [-0.2, 0) is 0 Å². The number of phenols is 1. The van der Waals surface area contributed by atoms with Crippen molar-refractivity contribution in [2.75, 3.05) is 0 Å². The molecule has 0 bridgehead atoms. The number of aromatic hydroxyl groups is 1. The summed E-state index contributed by atoms with van der Waals surface area (Å²) >= 11 is 0. The maximum absolute atomic E-state index is 12.0. The van der Waals surface area contributed by atoms with Crippen LogP contribution in [0.3, 0.4) is 0 Å². The molecule has 0 atom stereocenters. The van der Waals surface area contributed by atoms with Gasteiger partial charge in [-0.1, -0.05) is 12.1 Å². The molecule has 0 aliphatic heterocycles. The Kier molecular flexibility index (Phi) is 3.34. The number of amides is 1. The Morgan fingerprint density at radius 2 is 2.19 bits per heavy atom.